The molecule has 1 heterocycles. The molecule has 1 aliphatic rings. The molecule has 1 N–H and O–H groups in total. The minimum absolute atomic E-state index is 0.120. The molecule has 1 saturated heterocycles. The van der Waals surface area contributed by atoms with E-state index >= 15 is 0 Å². The number of hydrogen-bond donors (Lipinski definition) is 1. The van der Waals surface area contributed by atoms with Gasteiger partial charge < -0.3 is 9.84 Å². The van der Waals surface area contributed by atoms with Crippen molar-refractivity contribution in [3.05, 3.63) is 0 Å². The van der Waals surface area contributed by atoms with Crippen molar-refractivity contribution in [1.82, 2.24) is 4.90 Å². The fourth-order valence-corrected chi connectivity index (χ4v) is 1.44. The van der Waals surface area contributed by atoms with Gasteiger partial charge in [0.25, 0.3) is 0 Å². The summed E-state index contributed by atoms with van der Waals surface area (Å²) in [4.78, 5) is 34.2. The summed E-state index contributed by atoms with van der Waals surface area (Å²) in [6, 6.07) is 0. The summed E-state index contributed by atoms with van der Waals surface area (Å²) in [6.45, 7) is 1.96. The van der Waals surface area contributed by atoms with Gasteiger partial charge in [-0.05, 0) is 13.3 Å². The minimum atomic E-state index is -0.994. The number of carbonyl (C=O) groups excluding carboxylic acids is 2. The van der Waals surface area contributed by atoms with Gasteiger partial charge in [-0.1, -0.05) is 0 Å². The third-order valence-corrected chi connectivity index (χ3v) is 2.26. The smallest absolute Gasteiger partial charge is 0.416 e. The van der Waals surface area contributed by atoms with Crippen molar-refractivity contribution in [2.75, 3.05) is 13.2 Å². The highest BCUT2D eigenvalue weighted by Crippen LogP contribution is 2.19. The molecule has 0 radical (unpaired) electrons. The average Bonchev–Trinajstić information content (AvgIpc) is 2.17. The van der Waals surface area contributed by atoms with Crippen LogP contribution in [0.2, 0.25) is 0 Å². The molecular weight excluding hydrogens is 202 g/mol. The van der Waals surface area contributed by atoms with Crippen LogP contribution in [0.4, 0.5) is 4.79 Å². The molecule has 0 saturated carbocycles. The lowest BCUT2D eigenvalue weighted by Gasteiger charge is -2.27. The largest absolute Gasteiger partial charge is 0.481 e. The zero-order valence-corrected chi connectivity index (χ0v) is 8.43. The maximum atomic E-state index is 11.4. The highest BCUT2D eigenvalue weighted by atomic mass is 16.6. The molecule has 1 unspecified atom stereocenters. The van der Waals surface area contributed by atoms with Crippen LogP contribution in [0.5, 0.6) is 0 Å². The molecule has 0 aliphatic carbocycles. The number of likely N-dealkylation sites (tertiary alicyclic amines) is 1. The van der Waals surface area contributed by atoms with Crippen LogP contribution in [0.3, 0.4) is 0 Å². The predicted octanol–water partition coefficient (Wildman–Crippen LogP) is 0.466. The van der Waals surface area contributed by atoms with Gasteiger partial charge in [0.2, 0.25) is 5.91 Å². The number of rotatable bonds is 2. The Morgan fingerprint density at radius 1 is 1.60 bits per heavy atom. The molecule has 0 aromatic heterocycles. The predicted molar refractivity (Wildman–Crippen MR) is 49.1 cm³/mol. The van der Waals surface area contributed by atoms with Crippen molar-refractivity contribution in [2.24, 2.45) is 5.92 Å². The standard InChI is InChI=1S/C9H13NO5/c1-2-15-9(14)10-4-3-6(8(12)13)5-7(10)11/h6H,2-5H2,1H3,(H,12,13). The number of nitrogens with zero attached hydrogens (tertiary/aromatic N) is 1. The van der Waals surface area contributed by atoms with Crippen LogP contribution in [-0.2, 0) is 14.3 Å². The first kappa shape index (κ1) is 11.5. The third-order valence-electron chi connectivity index (χ3n) is 2.26. The molecular formula is C9H13NO5. The first-order valence-electron chi connectivity index (χ1n) is 4.76. The van der Waals surface area contributed by atoms with Crippen molar-refractivity contribution >= 4 is 18.0 Å². The molecule has 1 rings (SSSR count). The minimum Gasteiger partial charge on any atom is -0.481 e. The van der Waals surface area contributed by atoms with Gasteiger partial charge in [-0.15, -0.1) is 0 Å². The Morgan fingerprint density at radius 3 is 2.73 bits per heavy atom. The summed E-state index contributed by atoms with van der Waals surface area (Å²) in [6.07, 6.45) is -0.528. The topological polar surface area (TPSA) is 83.9 Å². The summed E-state index contributed by atoms with van der Waals surface area (Å²) in [5.41, 5.74) is 0. The van der Waals surface area contributed by atoms with E-state index in [-0.39, 0.29) is 19.6 Å². The molecule has 6 heteroatoms. The van der Waals surface area contributed by atoms with E-state index in [1.165, 1.54) is 0 Å². The Kier molecular flexibility index (Phi) is 3.65. The van der Waals surface area contributed by atoms with Crippen molar-refractivity contribution in [1.29, 1.82) is 0 Å². The second-order valence-electron chi connectivity index (χ2n) is 3.27. The molecule has 0 spiro atoms. The average molecular weight is 215 g/mol. The number of aliphatic carboxylic acids is 1. The van der Waals surface area contributed by atoms with Crippen LogP contribution in [0.25, 0.3) is 0 Å². The lowest BCUT2D eigenvalue weighted by atomic mass is 9.97. The van der Waals surface area contributed by atoms with Gasteiger partial charge in [-0.2, -0.15) is 0 Å². The quantitative estimate of drug-likeness (QED) is 0.723. The highest BCUT2D eigenvalue weighted by Gasteiger charge is 2.33. The van der Waals surface area contributed by atoms with Gasteiger partial charge >= 0.3 is 12.1 Å². The number of imide groups is 1. The molecule has 1 aliphatic heterocycles. The second-order valence-corrected chi connectivity index (χ2v) is 3.27. The fourth-order valence-electron chi connectivity index (χ4n) is 1.44. The second kappa shape index (κ2) is 4.77. The first-order chi connectivity index (χ1) is 7.06. The van der Waals surface area contributed by atoms with Gasteiger partial charge in [-0.3, -0.25) is 9.59 Å². The molecule has 1 atom stereocenters. The number of amides is 2. The van der Waals surface area contributed by atoms with E-state index in [0.717, 1.165) is 4.90 Å². The SMILES string of the molecule is CCOC(=O)N1CCC(C(=O)O)CC1=O. The van der Waals surface area contributed by atoms with Gasteiger partial charge in [0.1, 0.15) is 0 Å². The van der Waals surface area contributed by atoms with Gasteiger partial charge in [-0.25, -0.2) is 9.69 Å². The van der Waals surface area contributed by atoms with Gasteiger partial charge in [0.05, 0.1) is 12.5 Å². The zero-order valence-electron chi connectivity index (χ0n) is 8.43. The van der Waals surface area contributed by atoms with Crippen LogP contribution < -0.4 is 0 Å². The number of carboxylic acid groups (broad SMARTS) is 1. The van der Waals surface area contributed by atoms with Crippen LogP contribution in [0.15, 0.2) is 0 Å². The molecule has 15 heavy (non-hydrogen) atoms. The maximum Gasteiger partial charge on any atom is 0.416 e. The van der Waals surface area contributed by atoms with Crippen LogP contribution in [0.1, 0.15) is 19.8 Å². The summed E-state index contributed by atoms with van der Waals surface area (Å²) >= 11 is 0. The molecule has 0 aromatic rings. The Balaban J connectivity index is 2.56. The van der Waals surface area contributed by atoms with E-state index in [0.29, 0.717) is 6.42 Å². The third kappa shape index (κ3) is 2.68. The summed E-state index contributed by atoms with van der Waals surface area (Å²) in [7, 11) is 0. The first-order valence-corrected chi connectivity index (χ1v) is 4.76. The molecule has 2 amide bonds. The number of carboxylic acids is 1. The maximum absolute atomic E-state index is 11.4. The molecule has 0 aromatic carbocycles. The van der Waals surface area contributed by atoms with Crippen LogP contribution in [0, 0.1) is 5.92 Å². The molecule has 0 bridgehead atoms. The Labute approximate surface area is 86.8 Å². The lowest BCUT2D eigenvalue weighted by molar-refractivity contribution is -0.148. The van der Waals surface area contributed by atoms with Crippen molar-refractivity contribution in [2.45, 2.75) is 19.8 Å². The fraction of sp³-hybridized carbons (Fsp3) is 0.667. The number of carbonyl (C=O) groups is 3. The van der Waals surface area contributed by atoms with E-state index in [2.05, 4.69) is 4.74 Å². The Morgan fingerprint density at radius 2 is 2.27 bits per heavy atom. The van der Waals surface area contributed by atoms with E-state index in [4.69, 9.17) is 5.11 Å². The van der Waals surface area contributed by atoms with E-state index in [9.17, 15) is 14.4 Å². The Hall–Kier alpha value is -1.59. The van der Waals surface area contributed by atoms with Gasteiger partial charge in [0.15, 0.2) is 0 Å². The Bertz CT molecular complexity index is 288. The van der Waals surface area contributed by atoms with Crippen LogP contribution in [-0.4, -0.2) is 41.1 Å². The van der Waals surface area contributed by atoms with Crippen LogP contribution >= 0.6 is 0 Å². The highest BCUT2D eigenvalue weighted by molar-refractivity contribution is 5.94. The summed E-state index contributed by atoms with van der Waals surface area (Å²) < 4.78 is 4.67. The van der Waals surface area contributed by atoms with E-state index in [1.54, 1.807) is 6.92 Å². The molecule has 84 valence electrons. The molecule has 6 nitrogen and oxygen atoms in total. The van der Waals surface area contributed by atoms with Gasteiger partial charge in [0, 0.05) is 13.0 Å². The van der Waals surface area contributed by atoms with E-state index in [1.807, 2.05) is 0 Å². The van der Waals surface area contributed by atoms with Crippen molar-refractivity contribution in [3.63, 3.8) is 0 Å². The summed E-state index contributed by atoms with van der Waals surface area (Å²) in [5, 5.41) is 8.70. The monoisotopic (exact) mass is 215 g/mol. The van der Waals surface area contributed by atoms with E-state index < -0.39 is 23.9 Å². The number of ether oxygens (including phenoxy) is 1. The van der Waals surface area contributed by atoms with Crippen molar-refractivity contribution in [3.8, 4) is 0 Å². The summed E-state index contributed by atoms with van der Waals surface area (Å²) in [5.74, 6) is -2.15. The number of piperidine rings is 1. The number of hydrogen-bond acceptors (Lipinski definition) is 4. The zero-order chi connectivity index (χ0) is 11.4. The van der Waals surface area contributed by atoms with Crippen molar-refractivity contribution < 1.29 is 24.2 Å². The lowest BCUT2D eigenvalue weighted by Crippen LogP contribution is -2.44. The molecule has 1 fully saturated rings. The normalized spacial score (nSPS) is 21.3.